The van der Waals surface area contributed by atoms with Crippen LogP contribution in [0.5, 0.6) is 0 Å². The smallest absolute Gasteiger partial charge is 0.335 e. The quantitative estimate of drug-likeness (QED) is 0.432. The summed E-state index contributed by atoms with van der Waals surface area (Å²) in [5, 5.41) is 9.85. The molecule has 0 saturated heterocycles. The van der Waals surface area contributed by atoms with E-state index in [0.717, 1.165) is 31.8 Å². The molecule has 1 fully saturated rings. The van der Waals surface area contributed by atoms with Gasteiger partial charge < -0.3 is 14.6 Å². The molecule has 1 aliphatic carbocycles. The monoisotopic (exact) mass is 270 g/mol. The van der Waals surface area contributed by atoms with Crippen molar-refractivity contribution in [1.29, 1.82) is 0 Å². The van der Waals surface area contributed by atoms with Gasteiger partial charge in [0.1, 0.15) is 0 Å². The molecule has 0 radical (unpaired) electrons. The molecule has 1 aliphatic rings. The van der Waals surface area contributed by atoms with Crippen LogP contribution in [0.4, 0.5) is 0 Å². The predicted octanol–water partition coefficient (Wildman–Crippen LogP) is 1.59. The lowest BCUT2D eigenvalue weighted by Gasteiger charge is -2.25. The van der Waals surface area contributed by atoms with E-state index in [1.54, 1.807) is 0 Å². The summed E-state index contributed by atoms with van der Waals surface area (Å²) in [4.78, 5) is 22.3. The van der Waals surface area contributed by atoms with E-state index in [1.807, 2.05) is 0 Å². The number of aliphatic hydroxyl groups excluding tert-OH is 1. The predicted molar refractivity (Wildman–Crippen MR) is 69.3 cm³/mol. The number of aliphatic hydroxyl groups is 1. The Morgan fingerprint density at radius 1 is 1.21 bits per heavy atom. The fourth-order valence-corrected chi connectivity index (χ4v) is 2.19. The third-order valence-corrected chi connectivity index (χ3v) is 3.28. The van der Waals surface area contributed by atoms with E-state index in [4.69, 9.17) is 9.47 Å². The first-order valence-corrected chi connectivity index (χ1v) is 6.79. The van der Waals surface area contributed by atoms with E-state index >= 15 is 0 Å². The molecule has 0 bridgehead atoms. The SMILES string of the molecule is C=CC(=O)OCCCOC(=O)C(O)C1CCCCC1. The van der Waals surface area contributed by atoms with Crippen LogP contribution in [0.1, 0.15) is 38.5 Å². The number of esters is 2. The Bertz CT molecular complexity index is 307. The molecule has 0 amide bonds. The average molecular weight is 270 g/mol. The molecule has 19 heavy (non-hydrogen) atoms. The topological polar surface area (TPSA) is 72.8 Å². The van der Waals surface area contributed by atoms with Crippen molar-refractivity contribution < 1.29 is 24.2 Å². The van der Waals surface area contributed by atoms with Gasteiger partial charge in [0.05, 0.1) is 13.2 Å². The third-order valence-electron chi connectivity index (χ3n) is 3.28. The zero-order valence-electron chi connectivity index (χ0n) is 11.2. The highest BCUT2D eigenvalue weighted by molar-refractivity contribution is 5.81. The molecule has 0 aromatic heterocycles. The van der Waals surface area contributed by atoms with Gasteiger partial charge in [-0.15, -0.1) is 0 Å². The molecular weight excluding hydrogens is 248 g/mol. The second kappa shape index (κ2) is 8.69. The Morgan fingerprint density at radius 2 is 1.84 bits per heavy atom. The molecule has 1 N–H and O–H groups in total. The molecule has 0 aromatic carbocycles. The summed E-state index contributed by atoms with van der Waals surface area (Å²) in [6, 6.07) is 0. The van der Waals surface area contributed by atoms with E-state index in [1.165, 1.54) is 6.42 Å². The van der Waals surface area contributed by atoms with Crippen molar-refractivity contribution >= 4 is 11.9 Å². The van der Waals surface area contributed by atoms with Crippen LogP contribution >= 0.6 is 0 Å². The summed E-state index contributed by atoms with van der Waals surface area (Å²) in [6.07, 6.45) is 5.55. The van der Waals surface area contributed by atoms with Crippen LogP contribution in [0, 0.1) is 5.92 Å². The lowest BCUT2D eigenvalue weighted by Crippen LogP contribution is -2.32. The minimum absolute atomic E-state index is 0.0276. The van der Waals surface area contributed by atoms with Crippen LogP contribution in [-0.2, 0) is 19.1 Å². The van der Waals surface area contributed by atoms with Crippen LogP contribution in [0.2, 0.25) is 0 Å². The Labute approximate surface area is 113 Å². The molecule has 1 saturated carbocycles. The van der Waals surface area contributed by atoms with E-state index in [9.17, 15) is 14.7 Å². The summed E-state index contributed by atoms with van der Waals surface area (Å²) in [5.74, 6) is -1.03. The van der Waals surface area contributed by atoms with Crippen molar-refractivity contribution in [3.05, 3.63) is 12.7 Å². The van der Waals surface area contributed by atoms with E-state index < -0.39 is 18.0 Å². The second-order valence-electron chi connectivity index (χ2n) is 4.74. The zero-order chi connectivity index (χ0) is 14.1. The zero-order valence-corrected chi connectivity index (χ0v) is 11.2. The summed E-state index contributed by atoms with van der Waals surface area (Å²) < 4.78 is 9.71. The number of hydrogen-bond acceptors (Lipinski definition) is 5. The van der Waals surface area contributed by atoms with E-state index in [0.29, 0.717) is 6.42 Å². The van der Waals surface area contributed by atoms with Gasteiger partial charge in [-0.2, -0.15) is 0 Å². The van der Waals surface area contributed by atoms with Crippen molar-refractivity contribution in [2.45, 2.75) is 44.6 Å². The highest BCUT2D eigenvalue weighted by Crippen LogP contribution is 2.26. The Balaban J connectivity index is 2.12. The van der Waals surface area contributed by atoms with Gasteiger partial charge in [0.15, 0.2) is 6.10 Å². The van der Waals surface area contributed by atoms with Crippen LogP contribution in [0.15, 0.2) is 12.7 Å². The normalized spacial score (nSPS) is 17.5. The van der Waals surface area contributed by atoms with Crippen molar-refractivity contribution in [3.63, 3.8) is 0 Å². The van der Waals surface area contributed by atoms with Gasteiger partial charge in [-0.1, -0.05) is 25.8 Å². The van der Waals surface area contributed by atoms with Crippen molar-refractivity contribution in [2.75, 3.05) is 13.2 Å². The Hall–Kier alpha value is -1.36. The maximum absolute atomic E-state index is 11.6. The summed E-state index contributed by atoms with van der Waals surface area (Å²) in [6.45, 7) is 3.59. The van der Waals surface area contributed by atoms with Gasteiger partial charge in [-0.25, -0.2) is 9.59 Å². The first-order valence-electron chi connectivity index (χ1n) is 6.79. The van der Waals surface area contributed by atoms with Crippen LogP contribution in [0.3, 0.4) is 0 Å². The van der Waals surface area contributed by atoms with E-state index in [2.05, 4.69) is 6.58 Å². The van der Waals surface area contributed by atoms with Gasteiger partial charge >= 0.3 is 11.9 Å². The van der Waals surface area contributed by atoms with Crippen molar-refractivity contribution in [1.82, 2.24) is 0 Å². The van der Waals surface area contributed by atoms with Gasteiger partial charge in [0.2, 0.25) is 0 Å². The molecule has 0 spiro atoms. The molecule has 1 rings (SSSR count). The molecule has 108 valence electrons. The minimum atomic E-state index is -1.02. The second-order valence-corrected chi connectivity index (χ2v) is 4.74. The Kier molecular flexibility index (Phi) is 7.18. The molecule has 1 unspecified atom stereocenters. The highest BCUT2D eigenvalue weighted by atomic mass is 16.6. The molecular formula is C14H22O5. The molecule has 0 aliphatic heterocycles. The van der Waals surface area contributed by atoms with E-state index in [-0.39, 0.29) is 19.1 Å². The van der Waals surface area contributed by atoms with Crippen LogP contribution in [-0.4, -0.2) is 36.4 Å². The lowest BCUT2D eigenvalue weighted by atomic mass is 9.85. The first-order chi connectivity index (χ1) is 9.15. The van der Waals surface area contributed by atoms with Gasteiger partial charge in [-0.05, 0) is 18.8 Å². The summed E-state index contributed by atoms with van der Waals surface area (Å²) >= 11 is 0. The molecule has 5 nitrogen and oxygen atoms in total. The first kappa shape index (κ1) is 15.7. The summed E-state index contributed by atoms with van der Waals surface area (Å²) in [7, 11) is 0. The van der Waals surface area contributed by atoms with Crippen molar-refractivity contribution in [2.24, 2.45) is 5.92 Å². The number of hydrogen-bond donors (Lipinski definition) is 1. The van der Waals surface area contributed by atoms with Crippen LogP contribution < -0.4 is 0 Å². The van der Waals surface area contributed by atoms with Crippen LogP contribution in [0.25, 0.3) is 0 Å². The largest absolute Gasteiger partial charge is 0.464 e. The number of rotatable bonds is 7. The molecule has 0 heterocycles. The van der Waals surface area contributed by atoms with Crippen molar-refractivity contribution in [3.8, 4) is 0 Å². The molecule has 0 aromatic rings. The fourth-order valence-electron chi connectivity index (χ4n) is 2.19. The maximum Gasteiger partial charge on any atom is 0.335 e. The third kappa shape index (κ3) is 5.87. The van der Waals surface area contributed by atoms with Gasteiger partial charge in [-0.3, -0.25) is 0 Å². The fraction of sp³-hybridized carbons (Fsp3) is 0.714. The standard InChI is InChI=1S/C14H22O5/c1-2-12(15)18-9-6-10-19-14(17)13(16)11-7-4-3-5-8-11/h2,11,13,16H,1,3-10H2. The lowest BCUT2D eigenvalue weighted by molar-refractivity contribution is -0.157. The number of carbonyl (C=O) groups excluding carboxylic acids is 2. The Morgan fingerprint density at radius 3 is 2.47 bits per heavy atom. The molecule has 1 atom stereocenters. The number of carbonyl (C=O) groups is 2. The minimum Gasteiger partial charge on any atom is -0.464 e. The summed E-state index contributed by atoms with van der Waals surface area (Å²) in [5.41, 5.74) is 0. The highest BCUT2D eigenvalue weighted by Gasteiger charge is 2.28. The van der Waals surface area contributed by atoms with Gasteiger partial charge in [0.25, 0.3) is 0 Å². The average Bonchev–Trinajstić information content (AvgIpc) is 2.46. The number of ether oxygens (including phenoxy) is 2. The molecule has 5 heteroatoms. The maximum atomic E-state index is 11.6. The van der Waals surface area contributed by atoms with Gasteiger partial charge in [0, 0.05) is 12.5 Å².